The van der Waals surface area contributed by atoms with Gasteiger partial charge in [0, 0.05) is 18.3 Å². The number of anilines is 2. The Kier molecular flexibility index (Phi) is 6.32. The molecule has 0 fully saturated rings. The molecule has 0 aromatic heterocycles. The third-order valence-electron chi connectivity index (χ3n) is 3.89. The third kappa shape index (κ3) is 4.99. The minimum absolute atomic E-state index is 0.0946. The van der Waals surface area contributed by atoms with Gasteiger partial charge in [-0.1, -0.05) is 62.2 Å². The van der Waals surface area contributed by atoms with Crippen LogP contribution in [0.1, 0.15) is 33.3 Å². The zero-order chi connectivity index (χ0) is 19.5. The highest BCUT2D eigenvalue weighted by Gasteiger charge is 2.24. The third-order valence-corrected chi connectivity index (χ3v) is 4.63. The van der Waals surface area contributed by atoms with Crippen molar-refractivity contribution in [1.82, 2.24) is 0 Å². The Morgan fingerprint density at radius 2 is 1.69 bits per heavy atom. The molecule has 0 aliphatic carbocycles. The molecule has 6 heteroatoms. The predicted molar refractivity (Wildman–Crippen MR) is 108 cm³/mol. The average molecular weight is 393 g/mol. The van der Waals surface area contributed by atoms with Crippen molar-refractivity contribution in [3.63, 3.8) is 0 Å². The van der Waals surface area contributed by atoms with Gasteiger partial charge in [0.2, 0.25) is 11.8 Å². The molecule has 0 saturated carbocycles. The Balaban J connectivity index is 2.25. The molecule has 26 heavy (non-hydrogen) atoms. The molecule has 0 unspecified atom stereocenters. The molecule has 0 bridgehead atoms. The minimum Gasteiger partial charge on any atom is -0.324 e. The van der Waals surface area contributed by atoms with E-state index in [-0.39, 0.29) is 23.8 Å². The second-order valence-electron chi connectivity index (χ2n) is 7.05. The van der Waals surface area contributed by atoms with Gasteiger partial charge >= 0.3 is 0 Å². The lowest BCUT2D eigenvalue weighted by Gasteiger charge is -2.29. The van der Waals surface area contributed by atoms with Crippen LogP contribution < -0.4 is 10.2 Å². The van der Waals surface area contributed by atoms with Gasteiger partial charge in [0.15, 0.2) is 0 Å². The number of carbonyl (C=O) groups excluding carboxylic acids is 2. The number of hydrogen-bond acceptors (Lipinski definition) is 2. The van der Waals surface area contributed by atoms with Crippen molar-refractivity contribution >= 4 is 46.4 Å². The van der Waals surface area contributed by atoms with Crippen LogP contribution in [-0.2, 0) is 15.0 Å². The summed E-state index contributed by atoms with van der Waals surface area (Å²) in [6, 6.07) is 12.5. The molecule has 2 aromatic rings. The zero-order valence-electron chi connectivity index (χ0n) is 15.3. The number of halogens is 2. The predicted octanol–water partition coefficient (Wildman–Crippen LogP) is 5.28. The van der Waals surface area contributed by atoms with Gasteiger partial charge in [0.25, 0.3) is 0 Å². The van der Waals surface area contributed by atoms with E-state index in [1.165, 1.54) is 11.8 Å². The summed E-state index contributed by atoms with van der Waals surface area (Å²) >= 11 is 11.9. The maximum Gasteiger partial charge on any atom is 0.244 e. The normalized spacial score (nSPS) is 11.2. The Morgan fingerprint density at radius 3 is 2.27 bits per heavy atom. The number of para-hydroxylation sites is 1. The molecule has 2 amide bonds. The first-order chi connectivity index (χ1) is 12.1. The number of nitrogens with zero attached hydrogens (tertiary/aromatic N) is 1. The van der Waals surface area contributed by atoms with Crippen LogP contribution in [0.25, 0.3) is 0 Å². The van der Waals surface area contributed by atoms with E-state index in [0.29, 0.717) is 15.7 Å². The summed E-state index contributed by atoms with van der Waals surface area (Å²) < 4.78 is 0. The van der Waals surface area contributed by atoms with Gasteiger partial charge in [0.05, 0.1) is 10.0 Å². The topological polar surface area (TPSA) is 49.4 Å². The summed E-state index contributed by atoms with van der Waals surface area (Å²) in [5.74, 6) is -0.520. The van der Waals surface area contributed by atoms with E-state index >= 15 is 0 Å². The largest absolute Gasteiger partial charge is 0.324 e. The lowest BCUT2D eigenvalue weighted by Crippen LogP contribution is -2.38. The molecule has 0 atom stereocenters. The standard InChI is InChI=1S/C20H22Cl2N2O2/c1-13(25)24(18-8-6-5-7-15(18)20(2,3)4)12-19(26)23-14-9-10-16(21)17(22)11-14/h5-11H,12H2,1-4H3,(H,23,26). The van der Waals surface area contributed by atoms with Crippen LogP contribution >= 0.6 is 23.2 Å². The van der Waals surface area contributed by atoms with Crippen molar-refractivity contribution < 1.29 is 9.59 Å². The fourth-order valence-electron chi connectivity index (χ4n) is 2.63. The van der Waals surface area contributed by atoms with Crippen LogP contribution in [0.2, 0.25) is 10.0 Å². The van der Waals surface area contributed by atoms with Crippen LogP contribution in [0, 0.1) is 0 Å². The molecule has 0 radical (unpaired) electrons. The SMILES string of the molecule is CC(=O)N(CC(=O)Nc1ccc(Cl)c(Cl)c1)c1ccccc1C(C)(C)C. The smallest absolute Gasteiger partial charge is 0.244 e. The maximum absolute atomic E-state index is 12.5. The molecule has 0 aliphatic heterocycles. The number of rotatable bonds is 4. The lowest BCUT2D eigenvalue weighted by atomic mass is 9.85. The minimum atomic E-state index is -0.317. The number of hydrogen-bond donors (Lipinski definition) is 1. The van der Waals surface area contributed by atoms with Gasteiger partial charge in [0.1, 0.15) is 6.54 Å². The number of nitrogens with one attached hydrogen (secondary N) is 1. The summed E-state index contributed by atoms with van der Waals surface area (Å²) in [7, 11) is 0. The Hall–Kier alpha value is -2.04. The van der Waals surface area contributed by atoms with Crippen molar-refractivity contribution in [2.45, 2.75) is 33.1 Å². The van der Waals surface area contributed by atoms with E-state index in [9.17, 15) is 9.59 Å². The monoisotopic (exact) mass is 392 g/mol. The van der Waals surface area contributed by atoms with Crippen molar-refractivity contribution in [2.24, 2.45) is 0 Å². The molecule has 0 saturated heterocycles. The average Bonchev–Trinajstić information content (AvgIpc) is 2.55. The molecular formula is C20H22Cl2N2O2. The van der Waals surface area contributed by atoms with E-state index in [2.05, 4.69) is 26.1 Å². The van der Waals surface area contributed by atoms with Crippen LogP contribution in [0.5, 0.6) is 0 Å². The van der Waals surface area contributed by atoms with Crippen LogP contribution in [0.3, 0.4) is 0 Å². The molecule has 0 spiro atoms. The van der Waals surface area contributed by atoms with Crippen molar-refractivity contribution in [3.05, 3.63) is 58.1 Å². The molecule has 1 N–H and O–H groups in total. The molecular weight excluding hydrogens is 371 g/mol. The Labute approximate surface area is 164 Å². The van der Waals surface area contributed by atoms with E-state index in [1.54, 1.807) is 18.2 Å². The Morgan fingerprint density at radius 1 is 1.04 bits per heavy atom. The first-order valence-corrected chi connectivity index (χ1v) is 8.97. The van der Waals surface area contributed by atoms with Gasteiger partial charge in [-0.15, -0.1) is 0 Å². The first-order valence-electron chi connectivity index (χ1n) is 8.22. The number of amides is 2. The Bertz CT molecular complexity index is 829. The van der Waals surface area contributed by atoms with Crippen LogP contribution in [-0.4, -0.2) is 18.4 Å². The number of benzene rings is 2. The van der Waals surface area contributed by atoms with E-state index in [1.807, 2.05) is 24.3 Å². The van der Waals surface area contributed by atoms with E-state index in [4.69, 9.17) is 23.2 Å². The molecule has 0 heterocycles. The van der Waals surface area contributed by atoms with Crippen LogP contribution in [0.4, 0.5) is 11.4 Å². The molecule has 2 aromatic carbocycles. The molecule has 0 aliphatic rings. The molecule has 4 nitrogen and oxygen atoms in total. The second kappa shape index (κ2) is 8.11. The van der Waals surface area contributed by atoms with Gasteiger partial charge in [-0.3, -0.25) is 9.59 Å². The quantitative estimate of drug-likeness (QED) is 0.768. The molecule has 138 valence electrons. The van der Waals surface area contributed by atoms with Crippen LogP contribution in [0.15, 0.2) is 42.5 Å². The van der Waals surface area contributed by atoms with Crippen molar-refractivity contribution in [1.29, 1.82) is 0 Å². The fourth-order valence-corrected chi connectivity index (χ4v) is 2.93. The highest BCUT2D eigenvalue weighted by atomic mass is 35.5. The van der Waals surface area contributed by atoms with Gasteiger partial charge in [-0.25, -0.2) is 0 Å². The summed E-state index contributed by atoms with van der Waals surface area (Å²) in [5, 5.41) is 3.51. The second-order valence-corrected chi connectivity index (χ2v) is 7.86. The van der Waals surface area contributed by atoms with Crippen molar-refractivity contribution in [2.75, 3.05) is 16.8 Å². The highest BCUT2D eigenvalue weighted by Crippen LogP contribution is 2.32. The lowest BCUT2D eigenvalue weighted by molar-refractivity contribution is -0.120. The van der Waals surface area contributed by atoms with E-state index < -0.39 is 0 Å². The summed E-state index contributed by atoms with van der Waals surface area (Å²) in [5.41, 5.74) is 2.09. The summed E-state index contributed by atoms with van der Waals surface area (Å²) in [4.78, 5) is 26.2. The van der Waals surface area contributed by atoms with E-state index in [0.717, 1.165) is 11.3 Å². The summed E-state index contributed by atoms with van der Waals surface area (Å²) in [6.07, 6.45) is 0. The van der Waals surface area contributed by atoms with Gasteiger partial charge < -0.3 is 10.2 Å². The maximum atomic E-state index is 12.5. The van der Waals surface area contributed by atoms with Gasteiger partial charge in [-0.05, 0) is 35.2 Å². The zero-order valence-corrected chi connectivity index (χ0v) is 16.8. The highest BCUT2D eigenvalue weighted by molar-refractivity contribution is 6.42. The summed E-state index contributed by atoms with van der Waals surface area (Å²) in [6.45, 7) is 7.56. The van der Waals surface area contributed by atoms with Gasteiger partial charge in [-0.2, -0.15) is 0 Å². The fraction of sp³-hybridized carbons (Fsp3) is 0.300. The first kappa shape index (κ1) is 20.3. The molecule has 2 rings (SSSR count). The number of carbonyl (C=O) groups is 2. The van der Waals surface area contributed by atoms with Crippen molar-refractivity contribution in [3.8, 4) is 0 Å².